The number of nitrogens with zero attached hydrogens (tertiary/aromatic N) is 2. The summed E-state index contributed by atoms with van der Waals surface area (Å²) in [4.78, 5) is 17.3. The van der Waals surface area contributed by atoms with Crippen LogP contribution in [0.2, 0.25) is 5.02 Å². The predicted molar refractivity (Wildman–Crippen MR) is 97.2 cm³/mol. The van der Waals surface area contributed by atoms with Crippen LogP contribution in [-0.4, -0.2) is 40.2 Å². The van der Waals surface area contributed by atoms with Crippen LogP contribution in [0.4, 0.5) is 0 Å². The Morgan fingerprint density at radius 2 is 2.27 bits per heavy atom. The number of benzene rings is 1. The van der Waals surface area contributed by atoms with Crippen LogP contribution in [0, 0.1) is 0 Å². The largest absolute Gasteiger partial charge is 0.486 e. The van der Waals surface area contributed by atoms with Gasteiger partial charge in [-0.1, -0.05) is 11.6 Å². The highest BCUT2D eigenvalue weighted by molar-refractivity contribution is 7.15. The SMILES string of the molecule is O=C(Cc1cn2ccsc2n1)NCC(O)c1cc(Cl)c2c(c1)OCCO2. The normalized spacial score (nSPS) is 14.4. The van der Waals surface area contributed by atoms with Crippen molar-refractivity contribution in [1.82, 2.24) is 14.7 Å². The molecule has 0 saturated carbocycles. The monoisotopic (exact) mass is 393 g/mol. The average Bonchev–Trinajstić information content (AvgIpc) is 3.21. The first-order valence-corrected chi connectivity index (χ1v) is 9.31. The molecule has 1 unspecified atom stereocenters. The smallest absolute Gasteiger partial charge is 0.226 e. The second kappa shape index (κ2) is 7.14. The number of aliphatic hydroxyl groups excluding tert-OH is 1. The second-order valence-corrected chi connectivity index (χ2v) is 7.13. The first-order valence-electron chi connectivity index (χ1n) is 8.05. The van der Waals surface area contributed by atoms with Crippen molar-refractivity contribution in [3.63, 3.8) is 0 Å². The van der Waals surface area contributed by atoms with E-state index >= 15 is 0 Å². The van der Waals surface area contributed by atoms with E-state index in [2.05, 4.69) is 10.3 Å². The molecule has 7 nitrogen and oxygen atoms in total. The molecule has 2 N–H and O–H groups in total. The Labute approximate surface area is 158 Å². The van der Waals surface area contributed by atoms with Gasteiger partial charge in [0.25, 0.3) is 0 Å². The van der Waals surface area contributed by atoms with Gasteiger partial charge in [0.05, 0.1) is 23.2 Å². The van der Waals surface area contributed by atoms with Gasteiger partial charge in [-0.05, 0) is 17.7 Å². The van der Waals surface area contributed by atoms with E-state index in [1.54, 1.807) is 12.1 Å². The van der Waals surface area contributed by atoms with Crippen LogP contribution >= 0.6 is 22.9 Å². The highest BCUT2D eigenvalue weighted by atomic mass is 35.5. The molecule has 1 aromatic carbocycles. The number of aliphatic hydroxyl groups is 1. The Morgan fingerprint density at radius 1 is 1.42 bits per heavy atom. The molecule has 4 rings (SSSR count). The quantitative estimate of drug-likeness (QED) is 0.694. The number of amides is 1. The van der Waals surface area contributed by atoms with Gasteiger partial charge in [-0.25, -0.2) is 4.98 Å². The van der Waals surface area contributed by atoms with E-state index < -0.39 is 6.10 Å². The molecule has 0 saturated heterocycles. The molecule has 1 aliphatic heterocycles. The van der Waals surface area contributed by atoms with Crippen molar-refractivity contribution in [3.8, 4) is 11.5 Å². The Morgan fingerprint density at radius 3 is 3.12 bits per heavy atom. The van der Waals surface area contributed by atoms with Gasteiger partial charge in [-0.2, -0.15) is 0 Å². The van der Waals surface area contributed by atoms with Gasteiger partial charge in [0.2, 0.25) is 5.91 Å². The zero-order valence-corrected chi connectivity index (χ0v) is 15.2. The molecule has 3 heterocycles. The Kier molecular flexibility index (Phi) is 4.71. The van der Waals surface area contributed by atoms with Gasteiger partial charge in [0, 0.05) is 24.3 Å². The highest BCUT2D eigenvalue weighted by Crippen LogP contribution is 2.39. The average molecular weight is 394 g/mol. The lowest BCUT2D eigenvalue weighted by Gasteiger charge is -2.21. The van der Waals surface area contributed by atoms with Crippen LogP contribution in [0.5, 0.6) is 11.5 Å². The summed E-state index contributed by atoms with van der Waals surface area (Å²) in [7, 11) is 0. The fraction of sp³-hybridized carbons (Fsp3) is 0.294. The Hall–Kier alpha value is -2.29. The fourth-order valence-electron chi connectivity index (χ4n) is 2.74. The molecule has 0 spiro atoms. The lowest BCUT2D eigenvalue weighted by Crippen LogP contribution is -2.29. The molecular formula is C17H16ClN3O4S. The van der Waals surface area contributed by atoms with Gasteiger partial charge in [0.1, 0.15) is 13.2 Å². The number of carbonyl (C=O) groups excluding carboxylic acids is 1. The van der Waals surface area contributed by atoms with Gasteiger partial charge >= 0.3 is 0 Å². The number of hydrogen-bond donors (Lipinski definition) is 2. The fourth-order valence-corrected chi connectivity index (χ4v) is 3.73. The van der Waals surface area contributed by atoms with E-state index in [1.165, 1.54) is 11.3 Å². The van der Waals surface area contributed by atoms with Crippen molar-refractivity contribution in [3.05, 3.63) is 46.2 Å². The molecule has 1 amide bonds. The predicted octanol–water partition coefficient (Wildman–Crippen LogP) is 2.21. The summed E-state index contributed by atoms with van der Waals surface area (Å²) in [5.74, 6) is 0.776. The van der Waals surface area contributed by atoms with E-state index in [0.717, 1.165) is 4.96 Å². The van der Waals surface area contributed by atoms with Crippen LogP contribution in [0.25, 0.3) is 4.96 Å². The zero-order valence-electron chi connectivity index (χ0n) is 13.6. The van der Waals surface area contributed by atoms with Gasteiger partial charge in [-0.3, -0.25) is 9.20 Å². The molecule has 2 aromatic heterocycles. The minimum absolute atomic E-state index is 0.0665. The van der Waals surface area contributed by atoms with E-state index in [1.807, 2.05) is 22.2 Å². The van der Waals surface area contributed by atoms with Crippen LogP contribution < -0.4 is 14.8 Å². The van der Waals surface area contributed by atoms with Crippen LogP contribution in [0.15, 0.2) is 29.9 Å². The van der Waals surface area contributed by atoms with E-state index in [4.69, 9.17) is 21.1 Å². The summed E-state index contributed by atoms with van der Waals surface area (Å²) in [5.41, 5.74) is 1.24. The number of hydrogen-bond acceptors (Lipinski definition) is 6. The maximum atomic E-state index is 12.1. The van der Waals surface area contributed by atoms with E-state index in [-0.39, 0.29) is 18.9 Å². The van der Waals surface area contributed by atoms with E-state index in [0.29, 0.717) is 41.0 Å². The van der Waals surface area contributed by atoms with Crippen molar-refractivity contribution >= 4 is 33.8 Å². The molecule has 0 fully saturated rings. The summed E-state index contributed by atoms with van der Waals surface area (Å²) in [6.45, 7) is 0.940. The number of imidazole rings is 1. The summed E-state index contributed by atoms with van der Waals surface area (Å²) in [6, 6.07) is 3.30. The minimum atomic E-state index is -0.905. The number of halogens is 1. The van der Waals surface area contributed by atoms with Gasteiger partial charge < -0.3 is 19.9 Å². The van der Waals surface area contributed by atoms with Crippen molar-refractivity contribution in [2.75, 3.05) is 19.8 Å². The molecule has 0 radical (unpaired) electrons. The van der Waals surface area contributed by atoms with Gasteiger partial charge in [0.15, 0.2) is 16.5 Å². The van der Waals surface area contributed by atoms with Crippen molar-refractivity contribution in [1.29, 1.82) is 0 Å². The molecule has 9 heteroatoms. The Balaban J connectivity index is 1.37. The van der Waals surface area contributed by atoms with E-state index in [9.17, 15) is 9.90 Å². The molecule has 1 aliphatic rings. The maximum absolute atomic E-state index is 12.1. The maximum Gasteiger partial charge on any atom is 0.226 e. The molecule has 136 valence electrons. The third-order valence-corrected chi connectivity index (χ3v) is 5.03. The Bertz CT molecular complexity index is 926. The highest BCUT2D eigenvalue weighted by Gasteiger charge is 2.20. The molecular weight excluding hydrogens is 378 g/mol. The van der Waals surface area contributed by atoms with Crippen LogP contribution in [0.1, 0.15) is 17.4 Å². The zero-order chi connectivity index (χ0) is 18.1. The lowest BCUT2D eigenvalue weighted by molar-refractivity contribution is -0.120. The third kappa shape index (κ3) is 3.48. The minimum Gasteiger partial charge on any atom is -0.486 e. The van der Waals surface area contributed by atoms with Crippen molar-refractivity contribution in [2.24, 2.45) is 0 Å². The summed E-state index contributed by atoms with van der Waals surface area (Å²) in [5, 5.41) is 15.4. The first kappa shape index (κ1) is 17.1. The van der Waals surface area contributed by atoms with Crippen LogP contribution in [-0.2, 0) is 11.2 Å². The third-order valence-electron chi connectivity index (χ3n) is 3.98. The first-order chi connectivity index (χ1) is 12.6. The lowest BCUT2D eigenvalue weighted by atomic mass is 10.1. The van der Waals surface area contributed by atoms with Crippen molar-refractivity contribution < 1.29 is 19.4 Å². The summed E-state index contributed by atoms with van der Waals surface area (Å²) < 4.78 is 12.8. The second-order valence-electron chi connectivity index (χ2n) is 5.85. The number of thiazole rings is 1. The molecule has 0 bridgehead atoms. The molecule has 0 aliphatic carbocycles. The standard InChI is InChI=1S/C17H16ClN3O4S/c18-12-5-10(6-14-16(12)25-3-2-24-14)13(22)8-19-15(23)7-11-9-21-1-4-26-17(21)20-11/h1,4-6,9,13,22H,2-3,7-8H2,(H,19,23). The summed E-state index contributed by atoms with van der Waals surface area (Å²) >= 11 is 7.69. The number of carbonyl (C=O) groups is 1. The number of ether oxygens (including phenoxy) is 2. The number of rotatable bonds is 5. The number of aromatic nitrogens is 2. The number of fused-ring (bicyclic) bond motifs is 2. The molecule has 1 atom stereocenters. The van der Waals surface area contributed by atoms with Gasteiger partial charge in [-0.15, -0.1) is 11.3 Å². The molecule has 26 heavy (non-hydrogen) atoms. The van der Waals surface area contributed by atoms with Crippen LogP contribution in [0.3, 0.4) is 0 Å². The summed E-state index contributed by atoms with van der Waals surface area (Å²) in [6.07, 6.45) is 2.97. The van der Waals surface area contributed by atoms with Crippen molar-refractivity contribution in [2.45, 2.75) is 12.5 Å². The topological polar surface area (TPSA) is 85.1 Å². The number of nitrogens with one attached hydrogen (secondary N) is 1. The molecule has 3 aromatic rings.